The number of nitrogens with zero attached hydrogens (tertiary/aromatic N) is 1. The minimum Gasteiger partial charge on any atom is -0.352 e. The third kappa shape index (κ3) is 7.33. The number of benzene rings is 2. The van der Waals surface area contributed by atoms with E-state index in [9.17, 15) is 9.59 Å². The van der Waals surface area contributed by atoms with Gasteiger partial charge in [-0.2, -0.15) is 0 Å². The van der Waals surface area contributed by atoms with Gasteiger partial charge in [-0.1, -0.05) is 81.6 Å². The Labute approximate surface area is 203 Å². The van der Waals surface area contributed by atoms with Crippen LogP contribution in [0, 0.1) is 0 Å². The molecule has 1 aliphatic rings. The molecule has 0 saturated heterocycles. The number of carbonyl (C=O) groups excluding carboxylic acids is 2. The van der Waals surface area contributed by atoms with Gasteiger partial charge in [-0.15, -0.1) is 0 Å². The van der Waals surface area contributed by atoms with Crippen LogP contribution in [0.3, 0.4) is 0 Å². The Morgan fingerprint density at radius 2 is 1.61 bits per heavy atom. The summed E-state index contributed by atoms with van der Waals surface area (Å²) in [5.74, 6) is 0.457. The van der Waals surface area contributed by atoms with Crippen molar-refractivity contribution in [2.45, 2.75) is 90.3 Å². The molecule has 1 N–H and O–H groups in total. The highest BCUT2D eigenvalue weighted by Gasteiger charge is 2.30. The SMILES string of the molecule is CC[C@@H](C(=O)NC1CCCC1)N(Cc1ccc(Cl)cc1)C(=O)CCc1ccc(C(C)C)cc1. The Bertz CT molecular complexity index is 902. The largest absolute Gasteiger partial charge is 0.352 e. The maximum Gasteiger partial charge on any atom is 0.243 e. The molecule has 0 heterocycles. The van der Waals surface area contributed by atoms with Gasteiger partial charge in [0.05, 0.1) is 0 Å². The number of rotatable bonds is 10. The first-order valence-electron chi connectivity index (χ1n) is 12.3. The zero-order chi connectivity index (χ0) is 23.8. The van der Waals surface area contributed by atoms with Gasteiger partial charge < -0.3 is 10.2 Å². The van der Waals surface area contributed by atoms with E-state index in [0.717, 1.165) is 36.8 Å². The van der Waals surface area contributed by atoms with E-state index in [2.05, 4.69) is 43.4 Å². The van der Waals surface area contributed by atoms with Crippen molar-refractivity contribution in [2.24, 2.45) is 0 Å². The summed E-state index contributed by atoms with van der Waals surface area (Å²) < 4.78 is 0. The molecule has 178 valence electrons. The number of nitrogens with one attached hydrogen (secondary N) is 1. The molecule has 33 heavy (non-hydrogen) atoms. The zero-order valence-corrected chi connectivity index (χ0v) is 20.9. The third-order valence-electron chi connectivity index (χ3n) is 6.63. The van der Waals surface area contributed by atoms with E-state index < -0.39 is 6.04 Å². The summed E-state index contributed by atoms with van der Waals surface area (Å²) in [4.78, 5) is 28.4. The zero-order valence-electron chi connectivity index (χ0n) is 20.1. The predicted octanol–water partition coefficient (Wildman–Crippen LogP) is 6.26. The van der Waals surface area contributed by atoms with E-state index in [1.54, 1.807) is 4.90 Å². The maximum atomic E-state index is 13.4. The van der Waals surface area contributed by atoms with E-state index in [4.69, 9.17) is 11.6 Å². The van der Waals surface area contributed by atoms with Crippen molar-refractivity contribution in [1.29, 1.82) is 0 Å². The minimum atomic E-state index is -0.475. The van der Waals surface area contributed by atoms with Gasteiger partial charge in [-0.3, -0.25) is 9.59 Å². The Morgan fingerprint density at radius 3 is 2.18 bits per heavy atom. The van der Waals surface area contributed by atoms with Gasteiger partial charge in [-0.25, -0.2) is 0 Å². The topological polar surface area (TPSA) is 49.4 Å². The second-order valence-corrected chi connectivity index (χ2v) is 9.89. The molecule has 2 aromatic carbocycles. The normalized spacial score (nSPS) is 14.9. The summed E-state index contributed by atoms with van der Waals surface area (Å²) in [5.41, 5.74) is 3.41. The van der Waals surface area contributed by atoms with Gasteiger partial charge in [-0.05, 0) is 60.4 Å². The Kier molecular flexibility index (Phi) is 9.37. The van der Waals surface area contributed by atoms with Crippen LogP contribution < -0.4 is 5.32 Å². The van der Waals surface area contributed by atoms with Crippen molar-refractivity contribution in [2.75, 3.05) is 0 Å². The van der Waals surface area contributed by atoms with E-state index >= 15 is 0 Å². The van der Waals surface area contributed by atoms with Gasteiger partial charge in [0.15, 0.2) is 0 Å². The number of hydrogen-bond donors (Lipinski definition) is 1. The lowest BCUT2D eigenvalue weighted by Crippen LogP contribution is -2.51. The maximum absolute atomic E-state index is 13.4. The van der Waals surface area contributed by atoms with Crippen molar-refractivity contribution in [1.82, 2.24) is 10.2 Å². The molecule has 2 aromatic rings. The first-order chi connectivity index (χ1) is 15.9. The molecule has 5 heteroatoms. The summed E-state index contributed by atoms with van der Waals surface area (Å²) in [6, 6.07) is 15.8. The Balaban J connectivity index is 1.73. The molecule has 1 saturated carbocycles. The lowest BCUT2D eigenvalue weighted by Gasteiger charge is -2.31. The van der Waals surface area contributed by atoms with Crippen LogP contribution >= 0.6 is 11.6 Å². The van der Waals surface area contributed by atoms with Crippen molar-refractivity contribution in [3.63, 3.8) is 0 Å². The van der Waals surface area contributed by atoms with Gasteiger partial charge in [0.1, 0.15) is 6.04 Å². The van der Waals surface area contributed by atoms with E-state index in [0.29, 0.717) is 36.7 Å². The number of hydrogen-bond acceptors (Lipinski definition) is 2. The first-order valence-corrected chi connectivity index (χ1v) is 12.7. The number of carbonyl (C=O) groups is 2. The summed E-state index contributed by atoms with van der Waals surface area (Å²) >= 11 is 6.05. The monoisotopic (exact) mass is 468 g/mol. The number of halogens is 1. The standard InChI is InChI=1S/C28H37ClN2O2/c1-4-26(28(33)30-25-7-5-6-8-25)31(19-22-11-16-24(29)17-12-22)27(32)18-13-21-9-14-23(15-10-21)20(2)3/h9-12,14-17,20,25-26H,4-8,13,18-19H2,1-3H3,(H,30,33)/t26-/m0/s1. The minimum absolute atomic E-state index is 0.00584. The second kappa shape index (κ2) is 12.2. The van der Waals surface area contributed by atoms with Crippen LogP contribution in [0.15, 0.2) is 48.5 Å². The molecule has 4 nitrogen and oxygen atoms in total. The smallest absolute Gasteiger partial charge is 0.243 e. The lowest BCUT2D eigenvalue weighted by molar-refractivity contribution is -0.141. The van der Waals surface area contributed by atoms with Crippen LogP contribution in [0.2, 0.25) is 5.02 Å². The Morgan fingerprint density at radius 1 is 1.00 bits per heavy atom. The third-order valence-corrected chi connectivity index (χ3v) is 6.88. The van der Waals surface area contributed by atoms with Crippen LogP contribution in [0.4, 0.5) is 0 Å². The molecular formula is C28H37ClN2O2. The van der Waals surface area contributed by atoms with Crippen LogP contribution in [-0.4, -0.2) is 28.8 Å². The molecule has 3 rings (SSSR count). The Hall–Kier alpha value is -2.33. The highest BCUT2D eigenvalue weighted by molar-refractivity contribution is 6.30. The average molecular weight is 469 g/mol. The molecule has 0 bridgehead atoms. The van der Waals surface area contributed by atoms with Crippen molar-refractivity contribution in [3.8, 4) is 0 Å². The fraction of sp³-hybridized carbons (Fsp3) is 0.500. The van der Waals surface area contributed by atoms with E-state index in [-0.39, 0.29) is 17.9 Å². The number of amides is 2. The van der Waals surface area contributed by atoms with Gasteiger partial charge >= 0.3 is 0 Å². The van der Waals surface area contributed by atoms with Gasteiger partial charge in [0.25, 0.3) is 0 Å². The van der Waals surface area contributed by atoms with Crippen molar-refractivity contribution >= 4 is 23.4 Å². The van der Waals surface area contributed by atoms with Gasteiger partial charge in [0, 0.05) is 24.0 Å². The lowest BCUT2D eigenvalue weighted by atomic mass is 10.00. The molecule has 0 radical (unpaired) electrons. The predicted molar refractivity (Wildman–Crippen MR) is 135 cm³/mol. The van der Waals surface area contributed by atoms with Crippen LogP contribution in [0.5, 0.6) is 0 Å². The molecule has 0 aromatic heterocycles. The summed E-state index contributed by atoms with van der Waals surface area (Å²) in [6.45, 7) is 6.73. The molecule has 1 aliphatic carbocycles. The average Bonchev–Trinajstić information content (AvgIpc) is 3.32. The van der Waals surface area contributed by atoms with Crippen molar-refractivity contribution < 1.29 is 9.59 Å². The summed E-state index contributed by atoms with van der Waals surface area (Å²) in [5, 5.41) is 3.86. The highest BCUT2D eigenvalue weighted by atomic mass is 35.5. The first kappa shape index (κ1) is 25.3. The van der Waals surface area contributed by atoms with Crippen molar-refractivity contribution in [3.05, 3.63) is 70.2 Å². The molecule has 2 amide bonds. The fourth-order valence-electron chi connectivity index (χ4n) is 4.54. The van der Waals surface area contributed by atoms with Crippen LogP contribution in [-0.2, 0) is 22.6 Å². The van der Waals surface area contributed by atoms with Crippen LogP contribution in [0.25, 0.3) is 0 Å². The summed E-state index contributed by atoms with van der Waals surface area (Å²) in [7, 11) is 0. The van der Waals surface area contributed by atoms with E-state index in [1.165, 1.54) is 5.56 Å². The quantitative estimate of drug-likeness (QED) is 0.447. The molecular weight excluding hydrogens is 432 g/mol. The molecule has 1 atom stereocenters. The molecule has 0 unspecified atom stereocenters. The number of aryl methyl sites for hydroxylation is 1. The van der Waals surface area contributed by atoms with Gasteiger partial charge in [0.2, 0.25) is 11.8 Å². The molecule has 1 fully saturated rings. The summed E-state index contributed by atoms with van der Waals surface area (Å²) in [6.07, 6.45) is 5.99. The molecule has 0 spiro atoms. The van der Waals surface area contributed by atoms with E-state index in [1.807, 2.05) is 31.2 Å². The van der Waals surface area contributed by atoms with Crippen LogP contribution in [0.1, 0.15) is 81.9 Å². The fourth-order valence-corrected chi connectivity index (χ4v) is 4.66. The molecule has 0 aliphatic heterocycles. The highest BCUT2D eigenvalue weighted by Crippen LogP contribution is 2.21. The second-order valence-electron chi connectivity index (χ2n) is 9.46.